The van der Waals surface area contributed by atoms with E-state index in [-0.39, 0.29) is 12.3 Å². The number of aliphatic hydroxyl groups is 2. The van der Waals surface area contributed by atoms with Crippen molar-refractivity contribution >= 4 is 55.5 Å². The number of rotatable bonds is 1. The van der Waals surface area contributed by atoms with Crippen LogP contribution in [0.15, 0.2) is 48.5 Å². The van der Waals surface area contributed by atoms with Gasteiger partial charge in [0.15, 0.2) is 12.0 Å². The van der Waals surface area contributed by atoms with Crippen LogP contribution >= 0.6 is 0 Å². The molecule has 36 heavy (non-hydrogen) atoms. The van der Waals surface area contributed by atoms with E-state index in [1.807, 2.05) is 57.7 Å². The summed E-state index contributed by atoms with van der Waals surface area (Å²) in [6.07, 6.45) is -1.95. The molecule has 2 unspecified atom stereocenters. The molecule has 4 atom stereocenters. The van der Waals surface area contributed by atoms with E-state index >= 15 is 0 Å². The minimum Gasteiger partial charge on any atom is -0.467 e. The number of benzene rings is 3. The Morgan fingerprint density at radius 2 is 1.75 bits per heavy atom. The van der Waals surface area contributed by atoms with Crippen molar-refractivity contribution in [2.75, 3.05) is 7.11 Å². The van der Waals surface area contributed by atoms with Crippen molar-refractivity contribution in [3.05, 3.63) is 59.7 Å². The van der Waals surface area contributed by atoms with Gasteiger partial charge in [0.2, 0.25) is 5.60 Å². The molecule has 5 heterocycles. The third kappa shape index (κ3) is 1.92. The van der Waals surface area contributed by atoms with E-state index in [1.165, 1.54) is 7.11 Å². The van der Waals surface area contributed by atoms with Crippen molar-refractivity contribution in [2.45, 2.75) is 37.1 Å². The second-order valence-corrected chi connectivity index (χ2v) is 9.96. The zero-order valence-corrected chi connectivity index (χ0v) is 19.4. The van der Waals surface area contributed by atoms with Gasteiger partial charge in [0.05, 0.1) is 34.7 Å². The molecule has 0 spiro atoms. The van der Waals surface area contributed by atoms with E-state index in [1.54, 1.807) is 6.92 Å². The standard InChI is InChI=1S/C27H21N3O6/c1-26-27(34,25(33)35-2)11-16(36-26)29-14-9-5-3-7-12(14)17-19-20(24(32)28-23(19)31)18-13-8-4-6-10-15(13)30(26)22(18)21(17)29/h3-10,16,24,32,34H,11H2,1-2H3,(H,28,31)/t16?,24?,26-,27-/m0/s1. The second kappa shape index (κ2) is 6.07. The minimum absolute atomic E-state index is 0.0384. The smallest absolute Gasteiger partial charge is 0.343 e. The molecule has 1 fully saturated rings. The monoisotopic (exact) mass is 483 g/mol. The SMILES string of the molecule is COC(=O)[C@@]1(O)CC2O[C@]1(C)n1c3ccccc3c3c4c(c5c6ccccc6n2c5c31)C(=O)NC4O. The van der Waals surface area contributed by atoms with Crippen LogP contribution < -0.4 is 5.32 Å². The zero-order chi connectivity index (χ0) is 24.7. The van der Waals surface area contributed by atoms with Crippen LogP contribution in [0.3, 0.4) is 0 Å². The number of para-hydroxylation sites is 2. The highest BCUT2D eigenvalue weighted by Crippen LogP contribution is 2.58. The molecule has 0 radical (unpaired) electrons. The number of fused-ring (bicyclic) bond motifs is 13. The summed E-state index contributed by atoms with van der Waals surface area (Å²) in [7, 11) is 1.25. The Morgan fingerprint density at radius 3 is 2.47 bits per heavy atom. The molecule has 1 amide bonds. The van der Waals surface area contributed by atoms with Gasteiger partial charge in [-0.25, -0.2) is 4.79 Å². The number of methoxy groups -OCH3 is 1. The van der Waals surface area contributed by atoms with Crippen molar-refractivity contribution < 1.29 is 29.3 Å². The summed E-state index contributed by atoms with van der Waals surface area (Å²) in [5.41, 5.74) is 0.359. The number of nitrogens with one attached hydrogen (secondary N) is 1. The predicted octanol–water partition coefficient (Wildman–Crippen LogP) is 3.15. The van der Waals surface area contributed by atoms with Gasteiger partial charge >= 0.3 is 5.97 Å². The summed E-state index contributed by atoms with van der Waals surface area (Å²) >= 11 is 0. The Balaban J connectivity index is 1.74. The maximum atomic E-state index is 13.3. The molecular weight excluding hydrogens is 462 g/mol. The van der Waals surface area contributed by atoms with E-state index < -0.39 is 29.8 Å². The first-order valence-corrected chi connectivity index (χ1v) is 11.8. The van der Waals surface area contributed by atoms with Gasteiger partial charge < -0.3 is 34.1 Å². The van der Waals surface area contributed by atoms with Gasteiger partial charge in [-0.3, -0.25) is 4.79 Å². The number of esters is 1. The molecule has 180 valence electrons. The molecule has 2 aromatic heterocycles. The molecular formula is C27H21N3O6. The van der Waals surface area contributed by atoms with Gasteiger partial charge in [-0.05, 0) is 19.1 Å². The predicted molar refractivity (Wildman–Crippen MR) is 130 cm³/mol. The lowest BCUT2D eigenvalue weighted by molar-refractivity contribution is -0.202. The van der Waals surface area contributed by atoms with E-state index in [9.17, 15) is 19.8 Å². The molecule has 8 rings (SSSR count). The highest BCUT2D eigenvalue weighted by Gasteiger charge is 2.66. The van der Waals surface area contributed by atoms with Gasteiger partial charge in [0.25, 0.3) is 5.91 Å². The third-order valence-corrected chi connectivity index (χ3v) is 8.41. The number of amides is 1. The van der Waals surface area contributed by atoms with E-state index in [2.05, 4.69) is 5.32 Å². The largest absolute Gasteiger partial charge is 0.467 e. The third-order valence-electron chi connectivity index (χ3n) is 8.41. The number of hydrogen-bond donors (Lipinski definition) is 3. The summed E-state index contributed by atoms with van der Waals surface area (Å²) in [5, 5.41) is 28.7. The maximum absolute atomic E-state index is 13.3. The number of carbonyl (C=O) groups excluding carboxylic acids is 2. The van der Waals surface area contributed by atoms with Gasteiger partial charge in [0.1, 0.15) is 6.23 Å². The Kier molecular flexibility index (Phi) is 3.42. The summed E-state index contributed by atoms with van der Waals surface area (Å²) in [5.74, 6) is -1.13. The van der Waals surface area contributed by atoms with Crippen LogP contribution in [0.1, 0.15) is 41.7 Å². The van der Waals surface area contributed by atoms with Crippen molar-refractivity contribution in [2.24, 2.45) is 0 Å². The summed E-state index contributed by atoms with van der Waals surface area (Å²) in [6, 6.07) is 15.2. The van der Waals surface area contributed by atoms with Gasteiger partial charge in [0, 0.05) is 33.5 Å². The van der Waals surface area contributed by atoms with Crippen molar-refractivity contribution in [1.82, 2.24) is 14.5 Å². The highest BCUT2D eigenvalue weighted by molar-refractivity contribution is 6.31. The maximum Gasteiger partial charge on any atom is 0.343 e. The first kappa shape index (κ1) is 20.3. The molecule has 9 nitrogen and oxygen atoms in total. The molecule has 3 aromatic carbocycles. The lowest BCUT2D eigenvalue weighted by Crippen LogP contribution is -2.56. The fraction of sp³-hybridized carbons (Fsp3) is 0.259. The minimum atomic E-state index is -2.00. The van der Waals surface area contributed by atoms with Crippen molar-refractivity contribution in [1.29, 1.82) is 0 Å². The number of aromatic nitrogens is 2. The van der Waals surface area contributed by atoms with Crippen LogP contribution in [0.25, 0.3) is 43.6 Å². The molecule has 3 N–H and O–H groups in total. The van der Waals surface area contributed by atoms with Gasteiger partial charge in [-0.2, -0.15) is 0 Å². The molecule has 3 aliphatic heterocycles. The van der Waals surface area contributed by atoms with Crippen LogP contribution in [-0.2, 0) is 20.0 Å². The number of ether oxygens (including phenoxy) is 2. The topological polar surface area (TPSA) is 115 Å². The highest BCUT2D eigenvalue weighted by atomic mass is 16.6. The molecule has 3 aliphatic rings. The van der Waals surface area contributed by atoms with E-state index in [4.69, 9.17) is 9.47 Å². The Morgan fingerprint density at radius 1 is 1.08 bits per heavy atom. The molecule has 0 saturated carbocycles. The number of carbonyl (C=O) groups is 2. The lowest BCUT2D eigenvalue weighted by atomic mass is 9.88. The quantitative estimate of drug-likeness (QED) is 0.316. The Hall–Kier alpha value is -3.92. The second-order valence-electron chi connectivity index (χ2n) is 9.96. The average molecular weight is 483 g/mol. The first-order valence-electron chi connectivity index (χ1n) is 11.8. The van der Waals surface area contributed by atoms with Crippen LogP contribution in [0, 0.1) is 0 Å². The van der Waals surface area contributed by atoms with E-state index in [0.29, 0.717) is 32.9 Å². The summed E-state index contributed by atoms with van der Waals surface area (Å²) in [4.78, 5) is 26.4. The Labute approximate surface area is 203 Å². The molecule has 9 heteroatoms. The lowest BCUT2D eigenvalue weighted by Gasteiger charge is -2.37. The zero-order valence-electron chi connectivity index (χ0n) is 19.4. The Bertz CT molecular complexity index is 1870. The van der Waals surface area contributed by atoms with Crippen molar-refractivity contribution in [3.8, 4) is 0 Å². The molecule has 1 saturated heterocycles. The average Bonchev–Trinajstić information content (AvgIpc) is 3.54. The molecule has 2 bridgehead atoms. The first-order chi connectivity index (χ1) is 17.3. The van der Waals surface area contributed by atoms with Crippen LogP contribution in [0.4, 0.5) is 0 Å². The fourth-order valence-corrected chi connectivity index (χ4v) is 6.94. The number of nitrogens with zero attached hydrogens (tertiary/aromatic N) is 2. The van der Waals surface area contributed by atoms with Crippen LogP contribution in [0.2, 0.25) is 0 Å². The molecule has 5 aromatic rings. The van der Waals surface area contributed by atoms with Crippen LogP contribution in [-0.4, -0.2) is 43.9 Å². The van der Waals surface area contributed by atoms with E-state index in [0.717, 1.165) is 21.8 Å². The normalized spacial score (nSPS) is 28.4. The van der Waals surface area contributed by atoms with Gasteiger partial charge in [-0.1, -0.05) is 36.4 Å². The number of aliphatic hydroxyl groups excluding tert-OH is 1. The van der Waals surface area contributed by atoms with Gasteiger partial charge in [-0.15, -0.1) is 0 Å². The number of hydrogen-bond acceptors (Lipinski definition) is 6. The fourth-order valence-electron chi connectivity index (χ4n) is 6.94. The summed E-state index contributed by atoms with van der Waals surface area (Å²) < 4.78 is 15.6. The molecule has 0 aliphatic carbocycles. The van der Waals surface area contributed by atoms with Crippen LogP contribution in [0.5, 0.6) is 0 Å². The summed E-state index contributed by atoms with van der Waals surface area (Å²) in [6.45, 7) is 1.70. The van der Waals surface area contributed by atoms with Crippen molar-refractivity contribution in [3.63, 3.8) is 0 Å².